The maximum atomic E-state index is 8.17. The van der Waals surface area contributed by atoms with E-state index in [9.17, 15) is 0 Å². The van der Waals surface area contributed by atoms with Gasteiger partial charge in [0.25, 0.3) is 0 Å². The zero-order valence-electron chi connectivity index (χ0n) is 4.44. The van der Waals surface area contributed by atoms with E-state index in [1.54, 1.807) is 0 Å². The molecule has 1 nitrogen and oxygen atoms in total. The van der Waals surface area contributed by atoms with Gasteiger partial charge < -0.3 is 6.53 Å². The quantitative estimate of drug-likeness (QED) is 0.304. The second kappa shape index (κ2) is 1.87. The Bertz CT molecular complexity index is 30.0. The molecule has 0 aromatic carbocycles. The topological polar surface area (TPSA) is 20.2 Å². The maximum absolute atomic E-state index is 8.17. The molecule has 0 atom stereocenters. The Hall–Kier alpha value is 0.557. The van der Waals surface area contributed by atoms with Crippen LogP contribution in [0.25, 0.3) is 0 Å². The molecule has 26 valence electrons. The minimum atomic E-state index is 0. The number of hydrogen-bond donors (Lipinski definition) is 1. The van der Waals surface area contributed by atoms with E-state index in [0.717, 1.165) is 12.8 Å². The summed E-state index contributed by atoms with van der Waals surface area (Å²) in [5.74, 6) is 0. The van der Waals surface area contributed by atoms with Crippen molar-refractivity contribution in [1.82, 2.24) is 0 Å². The number of hydrogen-bond acceptors (Lipinski definition) is 1. The van der Waals surface area contributed by atoms with Gasteiger partial charge in [0.1, 0.15) is 0 Å². The summed E-state index contributed by atoms with van der Waals surface area (Å²) in [4.78, 5) is 0. The molecular formula is C3H7LiO. The SMILES string of the molecule is OC1CC1.[H-].[Li+]. The molecule has 0 radical (unpaired) electrons. The van der Waals surface area contributed by atoms with Gasteiger partial charge in [0.2, 0.25) is 0 Å². The first-order chi connectivity index (χ1) is 1.89. The molecule has 2 heteroatoms. The summed E-state index contributed by atoms with van der Waals surface area (Å²) in [6, 6.07) is 0. The fourth-order valence-corrected chi connectivity index (χ4v) is 0.0745. The zero-order chi connectivity index (χ0) is 2.99. The third-order valence-corrected chi connectivity index (χ3v) is 0.547. The van der Waals surface area contributed by atoms with Crippen molar-refractivity contribution in [3.63, 3.8) is 0 Å². The van der Waals surface area contributed by atoms with Crippen molar-refractivity contribution in [3.05, 3.63) is 0 Å². The van der Waals surface area contributed by atoms with Crippen LogP contribution in [0.3, 0.4) is 0 Å². The van der Waals surface area contributed by atoms with Gasteiger partial charge in [-0.2, -0.15) is 0 Å². The predicted octanol–water partition coefficient (Wildman–Crippen LogP) is -2.74. The molecule has 0 unspecified atom stereocenters. The molecule has 0 spiro atoms. The summed E-state index contributed by atoms with van der Waals surface area (Å²) in [5, 5.41) is 8.17. The van der Waals surface area contributed by atoms with Gasteiger partial charge in [0.15, 0.2) is 0 Å². The molecule has 1 N–H and O–H groups in total. The van der Waals surface area contributed by atoms with E-state index in [4.69, 9.17) is 5.11 Å². The van der Waals surface area contributed by atoms with E-state index in [1.165, 1.54) is 0 Å². The first-order valence-electron chi connectivity index (χ1n) is 1.57. The standard InChI is InChI=1S/C3H6O.Li.H/c4-3-1-2-3;;/h3-4H,1-2H2;;/q;+1;-1. The molecule has 0 aromatic heterocycles. The van der Waals surface area contributed by atoms with E-state index < -0.39 is 0 Å². The van der Waals surface area contributed by atoms with E-state index in [1.807, 2.05) is 0 Å². The van der Waals surface area contributed by atoms with E-state index in [-0.39, 0.29) is 26.4 Å². The normalized spacial score (nSPS) is 21.0. The molecule has 1 aliphatic rings. The van der Waals surface area contributed by atoms with Gasteiger partial charge in [-0.05, 0) is 12.8 Å². The van der Waals surface area contributed by atoms with Crippen LogP contribution in [-0.4, -0.2) is 11.2 Å². The Kier molecular flexibility index (Phi) is 2.08. The second-order valence-corrected chi connectivity index (χ2v) is 1.23. The first-order valence-corrected chi connectivity index (χ1v) is 1.57. The van der Waals surface area contributed by atoms with Gasteiger partial charge in [-0.15, -0.1) is 0 Å². The average molecular weight is 66.0 g/mol. The zero-order valence-corrected chi connectivity index (χ0v) is 3.44. The fraction of sp³-hybridized carbons (Fsp3) is 1.00. The third kappa shape index (κ3) is 2.36. The van der Waals surface area contributed by atoms with Gasteiger partial charge in [0, 0.05) is 0 Å². The molecule has 1 fully saturated rings. The predicted molar refractivity (Wildman–Crippen MR) is 16.4 cm³/mol. The van der Waals surface area contributed by atoms with Crippen molar-refractivity contribution < 1.29 is 25.4 Å². The van der Waals surface area contributed by atoms with Crippen LogP contribution in [0.5, 0.6) is 0 Å². The molecule has 0 amide bonds. The summed E-state index contributed by atoms with van der Waals surface area (Å²) in [5.41, 5.74) is 0. The van der Waals surface area contributed by atoms with Crippen LogP contribution in [-0.2, 0) is 0 Å². The monoisotopic (exact) mass is 66.1 g/mol. The molecule has 0 bridgehead atoms. The van der Waals surface area contributed by atoms with Gasteiger partial charge in [0.05, 0.1) is 6.10 Å². The Morgan fingerprint density at radius 2 is 1.80 bits per heavy atom. The Morgan fingerprint density at radius 1 is 1.60 bits per heavy atom. The number of rotatable bonds is 0. The largest absolute Gasteiger partial charge is 1.00 e. The third-order valence-electron chi connectivity index (χ3n) is 0.547. The van der Waals surface area contributed by atoms with Crippen molar-refractivity contribution >= 4 is 0 Å². The van der Waals surface area contributed by atoms with E-state index in [0.29, 0.717) is 0 Å². The van der Waals surface area contributed by atoms with Gasteiger partial charge in [-0.3, -0.25) is 0 Å². The van der Waals surface area contributed by atoms with Crippen LogP contribution in [0.2, 0.25) is 0 Å². The van der Waals surface area contributed by atoms with Crippen LogP contribution >= 0.6 is 0 Å². The molecule has 0 aliphatic heterocycles. The average Bonchev–Trinajstić information content (AvgIpc) is 1.75. The maximum Gasteiger partial charge on any atom is 1.00 e. The van der Waals surface area contributed by atoms with Gasteiger partial charge >= 0.3 is 18.9 Å². The summed E-state index contributed by atoms with van der Waals surface area (Å²) in [7, 11) is 0. The molecule has 5 heavy (non-hydrogen) atoms. The molecule has 1 aliphatic carbocycles. The van der Waals surface area contributed by atoms with Crippen LogP contribution in [0.1, 0.15) is 14.3 Å². The molecule has 0 saturated heterocycles. The van der Waals surface area contributed by atoms with Crippen molar-refractivity contribution in [2.75, 3.05) is 0 Å². The van der Waals surface area contributed by atoms with Crippen molar-refractivity contribution in [1.29, 1.82) is 0 Å². The van der Waals surface area contributed by atoms with Crippen LogP contribution in [0.15, 0.2) is 0 Å². The molecule has 1 saturated carbocycles. The van der Waals surface area contributed by atoms with Crippen molar-refractivity contribution in [3.8, 4) is 0 Å². The first kappa shape index (κ1) is 5.56. The number of aliphatic hydroxyl groups excluding tert-OH is 1. The second-order valence-electron chi connectivity index (χ2n) is 1.23. The fourth-order valence-electron chi connectivity index (χ4n) is 0.0745. The molecule has 1 rings (SSSR count). The summed E-state index contributed by atoms with van der Waals surface area (Å²) in [6.45, 7) is 0. The van der Waals surface area contributed by atoms with Crippen molar-refractivity contribution in [2.24, 2.45) is 0 Å². The summed E-state index contributed by atoms with van der Waals surface area (Å²) < 4.78 is 0. The Morgan fingerprint density at radius 3 is 1.80 bits per heavy atom. The minimum absolute atomic E-state index is 0. The van der Waals surface area contributed by atoms with Gasteiger partial charge in [-0.25, -0.2) is 0 Å². The van der Waals surface area contributed by atoms with Crippen LogP contribution in [0, 0.1) is 0 Å². The summed E-state index contributed by atoms with van der Waals surface area (Å²) >= 11 is 0. The number of aliphatic hydroxyl groups is 1. The van der Waals surface area contributed by atoms with Crippen LogP contribution < -0.4 is 18.9 Å². The Labute approximate surface area is 45.0 Å². The summed E-state index contributed by atoms with van der Waals surface area (Å²) in [6.07, 6.45) is 2.17. The van der Waals surface area contributed by atoms with E-state index >= 15 is 0 Å². The smallest absolute Gasteiger partial charge is 1.00 e. The molecule has 0 aromatic rings. The molecular weight excluding hydrogens is 59.0 g/mol. The van der Waals surface area contributed by atoms with Crippen LogP contribution in [0.4, 0.5) is 0 Å². The molecule has 0 heterocycles. The minimum Gasteiger partial charge on any atom is -1.00 e. The van der Waals surface area contributed by atoms with E-state index in [2.05, 4.69) is 0 Å². The van der Waals surface area contributed by atoms with Crippen molar-refractivity contribution in [2.45, 2.75) is 18.9 Å². The van der Waals surface area contributed by atoms with Gasteiger partial charge in [-0.1, -0.05) is 0 Å². The Balaban J connectivity index is 0.